The van der Waals surface area contributed by atoms with Crippen molar-refractivity contribution in [3.8, 4) is 0 Å². The minimum Gasteiger partial charge on any atom is -0.481 e. The number of carbonyl (C=O) groups is 1. The lowest BCUT2D eigenvalue weighted by Crippen LogP contribution is -2.45. The van der Waals surface area contributed by atoms with Crippen LogP contribution in [0.4, 0.5) is 5.13 Å². The molecule has 20 heavy (non-hydrogen) atoms. The lowest BCUT2D eigenvalue weighted by Gasteiger charge is -2.34. The van der Waals surface area contributed by atoms with Crippen molar-refractivity contribution in [1.29, 1.82) is 0 Å². The second-order valence-electron chi connectivity index (χ2n) is 5.42. The van der Waals surface area contributed by atoms with Crippen LogP contribution in [0.25, 0.3) is 0 Å². The summed E-state index contributed by atoms with van der Waals surface area (Å²) in [4.78, 5) is 19.5. The Hall–Kier alpha value is -1.14. The van der Waals surface area contributed by atoms with E-state index in [1.165, 1.54) is 4.88 Å². The lowest BCUT2D eigenvalue weighted by atomic mass is 9.91. The number of morpholine rings is 1. The van der Waals surface area contributed by atoms with E-state index in [1.54, 1.807) is 11.3 Å². The number of carboxylic acids is 1. The summed E-state index contributed by atoms with van der Waals surface area (Å²) in [5, 5.41) is 10.3. The first-order valence-corrected chi connectivity index (χ1v) is 8.09. The van der Waals surface area contributed by atoms with Crippen molar-refractivity contribution in [2.24, 2.45) is 0 Å². The maximum absolute atomic E-state index is 11.4. The molecule has 0 bridgehead atoms. The Morgan fingerprint density at radius 3 is 3.20 bits per heavy atom. The summed E-state index contributed by atoms with van der Waals surface area (Å²) >= 11 is 1.68. The van der Waals surface area contributed by atoms with Gasteiger partial charge in [0.1, 0.15) is 5.92 Å². The fourth-order valence-electron chi connectivity index (χ4n) is 3.01. The molecule has 2 heterocycles. The Kier molecular flexibility index (Phi) is 3.94. The van der Waals surface area contributed by atoms with Gasteiger partial charge in [-0.05, 0) is 25.7 Å². The van der Waals surface area contributed by atoms with Crippen LogP contribution in [0.15, 0.2) is 0 Å². The minimum absolute atomic E-state index is 0.361. The van der Waals surface area contributed by atoms with Gasteiger partial charge in [-0.2, -0.15) is 0 Å². The van der Waals surface area contributed by atoms with E-state index < -0.39 is 11.9 Å². The average molecular weight is 296 g/mol. The van der Waals surface area contributed by atoms with Crippen LogP contribution in [0.3, 0.4) is 0 Å². The molecule has 1 N–H and O–H groups in total. The highest BCUT2D eigenvalue weighted by atomic mass is 32.1. The zero-order valence-corrected chi connectivity index (χ0v) is 12.5. The van der Waals surface area contributed by atoms with E-state index in [0.29, 0.717) is 12.5 Å². The summed E-state index contributed by atoms with van der Waals surface area (Å²) in [5.41, 5.74) is 0.810. The van der Waals surface area contributed by atoms with Crippen LogP contribution in [0.1, 0.15) is 42.7 Å². The van der Waals surface area contributed by atoms with E-state index in [1.807, 2.05) is 0 Å². The van der Waals surface area contributed by atoms with Gasteiger partial charge in [0.25, 0.3) is 0 Å². The van der Waals surface area contributed by atoms with Crippen LogP contribution < -0.4 is 4.90 Å². The molecule has 0 aromatic carbocycles. The summed E-state index contributed by atoms with van der Waals surface area (Å²) < 4.78 is 5.53. The molecule has 2 aliphatic rings. The quantitative estimate of drug-likeness (QED) is 0.927. The monoisotopic (exact) mass is 296 g/mol. The lowest BCUT2D eigenvalue weighted by molar-refractivity contribution is -0.139. The van der Waals surface area contributed by atoms with Crippen LogP contribution in [0.5, 0.6) is 0 Å². The maximum atomic E-state index is 11.4. The molecule has 1 aromatic heterocycles. The first-order chi connectivity index (χ1) is 9.70. The van der Waals surface area contributed by atoms with Crippen LogP contribution >= 0.6 is 11.3 Å². The van der Waals surface area contributed by atoms with E-state index in [0.717, 1.165) is 49.8 Å². The number of fused-ring (bicyclic) bond motifs is 1. The number of aryl methyl sites for hydroxylation is 1. The van der Waals surface area contributed by atoms with Gasteiger partial charge in [-0.3, -0.25) is 4.79 Å². The second kappa shape index (κ2) is 5.69. The summed E-state index contributed by atoms with van der Waals surface area (Å²) in [6, 6.07) is 0.361. The Bertz CT molecular complexity index is 503. The molecule has 1 aromatic rings. The molecule has 1 saturated heterocycles. The molecule has 1 aliphatic carbocycles. The summed E-state index contributed by atoms with van der Waals surface area (Å²) in [5.74, 6) is -1.15. The fourth-order valence-corrected chi connectivity index (χ4v) is 4.27. The molecule has 0 spiro atoms. The second-order valence-corrected chi connectivity index (χ2v) is 6.48. The number of nitrogens with zero attached hydrogens (tertiary/aromatic N) is 2. The van der Waals surface area contributed by atoms with E-state index in [2.05, 4.69) is 16.8 Å². The van der Waals surface area contributed by atoms with Crippen LogP contribution in [0, 0.1) is 0 Å². The maximum Gasteiger partial charge on any atom is 0.312 e. The summed E-state index contributed by atoms with van der Waals surface area (Å²) in [6.45, 7) is 4.47. The highest BCUT2D eigenvalue weighted by Crippen LogP contribution is 2.39. The third-order valence-electron chi connectivity index (χ3n) is 4.19. The molecule has 0 saturated carbocycles. The van der Waals surface area contributed by atoms with Crippen LogP contribution in [-0.4, -0.2) is 41.9 Å². The van der Waals surface area contributed by atoms with Gasteiger partial charge in [0.15, 0.2) is 5.13 Å². The van der Waals surface area contributed by atoms with Gasteiger partial charge in [0.05, 0.1) is 24.9 Å². The van der Waals surface area contributed by atoms with Crippen molar-refractivity contribution in [1.82, 2.24) is 4.98 Å². The van der Waals surface area contributed by atoms with Gasteiger partial charge >= 0.3 is 5.97 Å². The number of ether oxygens (including phenoxy) is 1. The normalized spacial score (nSPS) is 26.4. The van der Waals surface area contributed by atoms with Gasteiger partial charge in [0.2, 0.25) is 0 Å². The zero-order chi connectivity index (χ0) is 14.1. The number of aliphatic carboxylic acids is 1. The standard InChI is InChI=1S/C14H20N2O3S/c1-2-9-8-19-7-6-16(9)14-15-12-10(13(17)18)4-3-5-11(12)20-14/h9-10H,2-8H2,1H3,(H,17,18). The molecular weight excluding hydrogens is 276 g/mol. The molecule has 1 aliphatic heterocycles. The molecule has 5 nitrogen and oxygen atoms in total. The molecule has 0 amide bonds. The zero-order valence-electron chi connectivity index (χ0n) is 11.7. The smallest absolute Gasteiger partial charge is 0.312 e. The predicted octanol–water partition coefficient (Wildman–Crippen LogP) is 2.26. The predicted molar refractivity (Wildman–Crippen MR) is 77.7 cm³/mol. The van der Waals surface area contributed by atoms with Crippen molar-refractivity contribution < 1.29 is 14.6 Å². The number of aromatic nitrogens is 1. The SMILES string of the molecule is CCC1COCCN1c1nc2c(s1)CCCC2C(=O)O. The Labute approximate surface area is 122 Å². The largest absolute Gasteiger partial charge is 0.481 e. The molecule has 3 rings (SSSR count). The molecule has 0 radical (unpaired) electrons. The van der Waals surface area contributed by atoms with Crippen molar-refractivity contribution in [2.45, 2.75) is 44.6 Å². The number of hydrogen-bond acceptors (Lipinski definition) is 5. The number of thiazole rings is 1. The number of rotatable bonds is 3. The van der Waals surface area contributed by atoms with E-state index in [4.69, 9.17) is 4.74 Å². The molecule has 2 atom stereocenters. The Morgan fingerprint density at radius 1 is 1.60 bits per heavy atom. The van der Waals surface area contributed by atoms with Gasteiger partial charge < -0.3 is 14.7 Å². The van der Waals surface area contributed by atoms with Crippen LogP contribution in [-0.2, 0) is 16.0 Å². The first kappa shape index (κ1) is 13.8. The summed E-state index contributed by atoms with van der Waals surface area (Å²) in [6.07, 6.45) is 3.66. The van der Waals surface area contributed by atoms with E-state index >= 15 is 0 Å². The van der Waals surface area contributed by atoms with Gasteiger partial charge in [-0.15, -0.1) is 11.3 Å². The fraction of sp³-hybridized carbons (Fsp3) is 0.714. The molecule has 6 heteroatoms. The topological polar surface area (TPSA) is 62.7 Å². The van der Waals surface area contributed by atoms with Gasteiger partial charge in [0, 0.05) is 11.4 Å². The third kappa shape index (κ3) is 2.42. The molecule has 2 unspecified atom stereocenters. The van der Waals surface area contributed by atoms with Crippen molar-refractivity contribution in [2.75, 3.05) is 24.7 Å². The van der Waals surface area contributed by atoms with E-state index in [9.17, 15) is 9.90 Å². The van der Waals surface area contributed by atoms with Crippen molar-refractivity contribution in [3.05, 3.63) is 10.6 Å². The Morgan fingerprint density at radius 2 is 2.45 bits per heavy atom. The van der Waals surface area contributed by atoms with Gasteiger partial charge in [-0.25, -0.2) is 4.98 Å². The molecule has 110 valence electrons. The number of hydrogen-bond donors (Lipinski definition) is 1. The first-order valence-electron chi connectivity index (χ1n) is 7.27. The minimum atomic E-state index is -0.739. The van der Waals surface area contributed by atoms with Crippen molar-refractivity contribution >= 4 is 22.4 Å². The molecule has 1 fully saturated rings. The number of carboxylic acid groups (broad SMARTS) is 1. The van der Waals surface area contributed by atoms with Gasteiger partial charge in [-0.1, -0.05) is 6.92 Å². The highest BCUT2D eigenvalue weighted by molar-refractivity contribution is 7.15. The Balaban J connectivity index is 1.90. The van der Waals surface area contributed by atoms with Crippen LogP contribution in [0.2, 0.25) is 0 Å². The number of anilines is 1. The highest BCUT2D eigenvalue weighted by Gasteiger charge is 2.32. The third-order valence-corrected chi connectivity index (χ3v) is 5.35. The summed E-state index contributed by atoms with van der Waals surface area (Å²) in [7, 11) is 0. The molecular formula is C14H20N2O3S. The van der Waals surface area contributed by atoms with Crippen molar-refractivity contribution in [3.63, 3.8) is 0 Å². The average Bonchev–Trinajstić information content (AvgIpc) is 2.90. The van der Waals surface area contributed by atoms with E-state index in [-0.39, 0.29) is 0 Å².